The number of aliphatic imine (C=N–C) groups is 1. The summed E-state index contributed by atoms with van der Waals surface area (Å²) < 4.78 is 0. The fraction of sp³-hybridized carbons (Fsp3) is 0.688. The topological polar surface area (TPSA) is 47.9 Å². The van der Waals surface area contributed by atoms with E-state index in [-0.39, 0.29) is 24.0 Å². The average molecular weight is 439 g/mol. The van der Waals surface area contributed by atoms with E-state index in [9.17, 15) is 5.11 Å². The summed E-state index contributed by atoms with van der Waals surface area (Å²) >= 11 is 1.79. The third-order valence-electron chi connectivity index (χ3n) is 3.81. The molecule has 0 unspecified atom stereocenters. The lowest BCUT2D eigenvalue weighted by atomic mass is 9.98. The van der Waals surface area contributed by atoms with E-state index < -0.39 is 5.60 Å². The summed E-state index contributed by atoms with van der Waals surface area (Å²) in [7, 11) is 2.05. The van der Waals surface area contributed by atoms with Crippen molar-refractivity contribution >= 4 is 41.3 Å². The number of rotatable bonds is 8. The van der Waals surface area contributed by atoms with Crippen molar-refractivity contribution in [2.24, 2.45) is 4.99 Å². The van der Waals surface area contributed by atoms with Crippen molar-refractivity contribution in [3.05, 3.63) is 22.4 Å². The molecule has 0 saturated heterocycles. The maximum absolute atomic E-state index is 10.4. The van der Waals surface area contributed by atoms with Gasteiger partial charge in [-0.25, -0.2) is 0 Å². The molecule has 0 spiro atoms. The van der Waals surface area contributed by atoms with Crippen LogP contribution in [0.4, 0.5) is 0 Å². The second-order valence-corrected chi connectivity index (χ2v) is 6.38. The van der Waals surface area contributed by atoms with Crippen LogP contribution in [0, 0.1) is 0 Å². The average Bonchev–Trinajstić information content (AvgIpc) is 3.02. The van der Waals surface area contributed by atoms with E-state index in [1.54, 1.807) is 11.3 Å². The fourth-order valence-electron chi connectivity index (χ4n) is 2.00. The van der Waals surface area contributed by atoms with Crippen LogP contribution in [0.25, 0.3) is 0 Å². The summed E-state index contributed by atoms with van der Waals surface area (Å²) in [5.41, 5.74) is -0.685. The molecule has 22 heavy (non-hydrogen) atoms. The lowest BCUT2D eigenvalue weighted by molar-refractivity contribution is 0.0416. The van der Waals surface area contributed by atoms with Crippen LogP contribution < -0.4 is 5.32 Å². The minimum atomic E-state index is -0.685. The van der Waals surface area contributed by atoms with E-state index >= 15 is 0 Å². The van der Waals surface area contributed by atoms with Gasteiger partial charge in [0.05, 0.1) is 12.1 Å². The first-order chi connectivity index (χ1) is 10.0. The normalized spacial score (nSPS) is 12.0. The smallest absolute Gasteiger partial charge is 0.193 e. The predicted molar refractivity (Wildman–Crippen MR) is 108 cm³/mol. The van der Waals surface area contributed by atoms with Gasteiger partial charge >= 0.3 is 0 Å². The summed E-state index contributed by atoms with van der Waals surface area (Å²) in [6, 6.07) is 4.25. The van der Waals surface area contributed by atoms with Crippen molar-refractivity contribution < 1.29 is 5.11 Å². The molecule has 0 aliphatic carbocycles. The van der Waals surface area contributed by atoms with Gasteiger partial charge in [0.25, 0.3) is 0 Å². The molecule has 0 saturated carbocycles. The number of guanidine groups is 1. The zero-order valence-corrected chi connectivity index (χ0v) is 17.3. The number of nitrogens with one attached hydrogen (secondary N) is 1. The summed E-state index contributed by atoms with van der Waals surface area (Å²) in [6.45, 7) is 8.28. The Morgan fingerprint density at radius 1 is 1.36 bits per heavy atom. The van der Waals surface area contributed by atoms with Crippen LogP contribution >= 0.6 is 35.3 Å². The Bertz CT molecular complexity index is 419. The molecule has 1 aromatic rings. The molecule has 0 radical (unpaired) electrons. The van der Waals surface area contributed by atoms with Crippen molar-refractivity contribution in [1.29, 1.82) is 0 Å². The lowest BCUT2D eigenvalue weighted by Crippen LogP contribution is -2.41. The SMILES string of the molecule is CCNC(=NCC(O)(CC)CC)N(C)CCc1cccs1.I. The van der Waals surface area contributed by atoms with Crippen LogP contribution in [-0.2, 0) is 6.42 Å². The highest BCUT2D eigenvalue weighted by Gasteiger charge is 2.22. The first kappa shape index (κ1) is 21.7. The molecule has 128 valence electrons. The first-order valence-electron chi connectivity index (χ1n) is 7.78. The Morgan fingerprint density at radius 2 is 2.05 bits per heavy atom. The maximum Gasteiger partial charge on any atom is 0.193 e. The molecule has 1 aromatic heterocycles. The Kier molecular flexibility index (Phi) is 11.1. The van der Waals surface area contributed by atoms with Gasteiger partial charge in [0, 0.05) is 25.0 Å². The van der Waals surface area contributed by atoms with Crippen LogP contribution in [-0.4, -0.2) is 48.2 Å². The number of likely N-dealkylation sites (N-methyl/N-ethyl adjacent to an activating group) is 1. The largest absolute Gasteiger partial charge is 0.388 e. The van der Waals surface area contributed by atoms with Crippen LogP contribution in [0.5, 0.6) is 0 Å². The Hall–Kier alpha value is -0.340. The Morgan fingerprint density at radius 3 is 2.55 bits per heavy atom. The van der Waals surface area contributed by atoms with Crippen LogP contribution in [0.2, 0.25) is 0 Å². The van der Waals surface area contributed by atoms with Gasteiger partial charge in [-0.3, -0.25) is 4.99 Å². The van der Waals surface area contributed by atoms with E-state index in [0.29, 0.717) is 6.54 Å². The molecule has 0 aliphatic rings. The van der Waals surface area contributed by atoms with E-state index in [2.05, 4.69) is 39.6 Å². The standard InChI is InChI=1S/C16H29N3OS.HI/c1-5-16(20,6-2)13-18-15(17-7-3)19(4)11-10-14-9-8-12-21-14;/h8-9,12,20H,5-7,10-11,13H2,1-4H3,(H,17,18);1H. The highest BCUT2D eigenvalue weighted by molar-refractivity contribution is 14.0. The second kappa shape index (κ2) is 11.2. The Labute approximate surface area is 156 Å². The fourth-order valence-corrected chi connectivity index (χ4v) is 2.70. The molecule has 0 fully saturated rings. The predicted octanol–water partition coefficient (Wildman–Crippen LogP) is 3.36. The van der Waals surface area contributed by atoms with Gasteiger partial charge < -0.3 is 15.3 Å². The molecule has 2 N–H and O–H groups in total. The van der Waals surface area contributed by atoms with Crippen molar-refractivity contribution in [2.75, 3.05) is 26.7 Å². The molecule has 4 nitrogen and oxygen atoms in total. The van der Waals surface area contributed by atoms with Gasteiger partial charge in [0.1, 0.15) is 0 Å². The number of nitrogens with zero attached hydrogens (tertiary/aromatic N) is 2. The quantitative estimate of drug-likeness (QED) is 0.371. The maximum atomic E-state index is 10.4. The molecule has 1 heterocycles. The Balaban J connectivity index is 0.00000441. The highest BCUT2D eigenvalue weighted by Crippen LogP contribution is 2.15. The lowest BCUT2D eigenvalue weighted by Gasteiger charge is -2.26. The zero-order chi connectivity index (χ0) is 15.7. The molecule has 0 atom stereocenters. The van der Waals surface area contributed by atoms with Gasteiger partial charge in [-0.2, -0.15) is 0 Å². The summed E-state index contributed by atoms with van der Waals surface area (Å²) in [5.74, 6) is 0.870. The van der Waals surface area contributed by atoms with Gasteiger partial charge in [0.15, 0.2) is 5.96 Å². The zero-order valence-electron chi connectivity index (χ0n) is 14.1. The van der Waals surface area contributed by atoms with Crippen molar-refractivity contribution in [3.63, 3.8) is 0 Å². The number of halogens is 1. The van der Waals surface area contributed by atoms with E-state index in [1.165, 1.54) is 4.88 Å². The van der Waals surface area contributed by atoms with Crippen molar-refractivity contribution in [1.82, 2.24) is 10.2 Å². The van der Waals surface area contributed by atoms with Crippen molar-refractivity contribution in [2.45, 2.75) is 45.6 Å². The van der Waals surface area contributed by atoms with Crippen molar-refractivity contribution in [3.8, 4) is 0 Å². The first-order valence-corrected chi connectivity index (χ1v) is 8.66. The number of thiophene rings is 1. The molecule has 1 rings (SSSR count). The minimum absolute atomic E-state index is 0. The number of aliphatic hydroxyl groups is 1. The highest BCUT2D eigenvalue weighted by atomic mass is 127. The van der Waals surface area contributed by atoms with Crippen LogP contribution in [0.15, 0.2) is 22.5 Å². The van der Waals surface area contributed by atoms with Gasteiger partial charge in [-0.1, -0.05) is 19.9 Å². The molecule has 0 bridgehead atoms. The van der Waals surface area contributed by atoms with Gasteiger partial charge in [-0.05, 0) is 37.6 Å². The van der Waals surface area contributed by atoms with Gasteiger partial charge in [-0.15, -0.1) is 35.3 Å². The third kappa shape index (κ3) is 7.28. The molecular formula is C16H30IN3OS. The molecule has 0 aliphatic heterocycles. The summed E-state index contributed by atoms with van der Waals surface area (Å²) in [5, 5.41) is 15.8. The minimum Gasteiger partial charge on any atom is -0.388 e. The molecule has 6 heteroatoms. The number of hydrogen-bond acceptors (Lipinski definition) is 3. The monoisotopic (exact) mass is 439 g/mol. The third-order valence-corrected chi connectivity index (χ3v) is 4.75. The van der Waals surface area contributed by atoms with E-state index in [4.69, 9.17) is 0 Å². The second-order valence-electron chi connectivity index (χ2n) is 5.35. The summed E-state index contributed by atoms with van der Waals surface area (Å²) in [4.78, 5) is 8.13. The summed E-state index contributed by atoms with van der Waals surface area (Å²) in [6.07, 6.45) is 2.47. The van der Waals surface area contributed by atoms with Crippen LogP contribution in [0.3, 0.4) is 0 Å². The number of hydrogen-bond donors (Lipinski definition) is 2. The molecule has 0 amide bonds. The van der Waals surface area contributed by atoms with E-state index in [0.717, 1.165) is 38.3 Å². The molecular weight excluding hydrogens is 409 g/mol. The molecule has 0 aromatic carbocycles. The van der Waals surface area contributed by atoms with E-state index in [1.807, 2.05) is 20.9 Å². The van der Waals surface area contributed by atoms with Gasteiger partial charge in [0.2, 0.25) is 0 Å². The van der Waals surface area contributed by atoms with Crippen LogP contribution in [0.1, 0.15) is 38.5 Å².